The van der Waals surface area contributed by atoms with E-state index in [1.807, 2.05) is 66.4 Å². The maximum atomic E-state index is 14.0. The van der Waals surface area contributed by atoms with Crippen LogP contribution in [-0.2, 0) is 19.2 Å². The number of morpholine rings is 1. The molecule has 0 aliphatic carbocycles. The molecule has 5 rings (SSSR count). The number of fused-ring (bicyclic) bond motifs is 2. The van der Waals surface area contributed by atoms with E-state index in [2.05, 4.69) is 4.90 Å². The van der Waals surface area contributed by atoms with E-state index < -0.39 is 4.87 Å². The average molecular weight is 410 g/mol. The van der Waals surface area contributed by atoms with E-state index in [4.69, 9.17) is 4.74 Å². The van der Waals surface area contributed by atoms with Crippen molar-refractivity contribution in [1.29, 1.82) is 0 Å². The number of carbonyl (C=O) groups excluding carboxylic acids is 2. The lowest BCUT2D eigenvalue weighted by atomic mass is 10.0. The van der Waals surface area contributed by atoms with Crippen LogP contribution in [0.2, 0.25) is 0 Å². The minimum absolute atomic E-state index is 0.0300. The van der Waals surface area contributed by atoms with Gasteiger partial charge in [-0.25, -0.2) is 0 Å². The molecule has 3 aliphatic rings. The summed E-state index contributed by atoms with van der Waals surface area (Å²) in [5.74, 6) is -0.0747. The molecule has 0 aromatic heterocycles. The molecule has 6 nitrogen and oxygen atoms in total. The molecule has 2 aromatic carbocycles. The van der Waals surface area contributed by atoms with E-state index in [1.54, 1.807) is 4.90 Å². The van der Waals surface area contributed by atoms with Crippen LogP contribution >= 0.6 is 11.8 Å². The predicted octanol–water partition coefficient (Wildman–Crippen LogP) is 2.64. The summed E-state index contributed by atoms with van der Waals surface area (Å²) in [4.78, 5) is 31.9. The Kier molecular flexibility index (Phi) is 4.61. The number of anilines is 2. The predicted molar refractivity (Wildman–Crippen MR) is 114 cm³/mol. The van der Waals surface area contributed by atoms with E-state index in [0.29, 0.717) is 19.9 Å². The Labute approximate surface area is 174 Å². The number of hydrogen-bond acceptors (Lipinski definition) is 5. The number of ether oxygens (including phenoxy) is 1. The Balaban J connectivity index is 1.62. The Morgan fingerprint density at radius 3 is 2.48 bits per heavy atom. The van der Waals surface area contributed by atoms with Gasteiger partial charge in [-0.15, -0.1) is 11.8 Å². The van der Waals surface area contributed by atoms with Crippen LogP contribution in [0.5, 0.6) is 0 Å². The second-order valence-electron chi connectivity index (χ2n) is 7.54. The topological polar surface area (TPSA) is 53.1 Å². The van der Waals surface area contributed by atoms with Gasteiger partial charge in [0.2, 0.25) is 10.8 Å². The molecule has 0 saturated carbocycles. The molecule has 0 unspecified atom stereocenters. The second-order valence-corrected chi connectivity index (χ2v) is 9.07. The zero-order valence-electron chi connectivity index (χ0n) is 16.3. The summed E-state index contributed by atoms with van der Waals surface area (Å²) in [7, 11) is 0. The van der Waals surface area contributed by atoms with Crippen molar-refractivity contribution in [3.05, 3.63) is 60.2 Å². The molecule has 150 valence electrons. The Hall–Kier alpha value is -2.35. The number of nitrogens with zero attached hydrogens (tertiary/aromatic N) is 3. The van der Waals surface area contributed by atoms with Gasteiger partial charge < -0.3 is 4.74 Å². The van der Waals surface area contributed by atoms with E-state index in [-0.39, 0.29) is 17.1 Å². The first kappa shape index (κ1) is 18.7. The van der Waals surface area contributed by atoms with Crippen molar-refractivity contribution in [2.45, 2.75) is 17.0 Å². The Morgan fingerprint density at radius 2 is 1.72 bits per heavy atom. The summed E-state index contributed by atoms with van der Waals surface area (Å²) in [6, 6.07) is 17.4. The molecule has 2 saturated heterocycles. The molecule has 0 N–H and O–H groups in total. The first-order valence-corrected chi connectivity index (χ1v) is 10.8. The van der Waals surface area contributed by atoms with Crippen molar-refractivity contribution >= 4 is 35.0 Å². The third kappa shape index (κ3) is 2.79. The van der Waals surface area contributed by atoms with Gasteiger partial charge in [0, 0.05) is 24.3 Å². The first-order valence-electron chi connectivity index (χ1n) is 9.91. The lowest BCUT2D eigenvalue weighted by molar-refractivity contribution is -0.124. The molecule has 0 bridgehead atoms. The van der Waals surface area contributed by atoms with Crippen LogP contribution in [-0.4, -0.2) is 54.9 Å². The molecule has 2 fully saturated rings. The quantitative estimate of drug-likeness (QED) is 0.780. The van der Waals surface area contributed by atoms with Gasteiger partial charge >= 0.3 is 0 Å². The normalized spacial score (nSPS) is 27.1. The summed E-state index contributed by atoms with van der Waals surface area (Å²) in [5, 5.41) is -0.296. The summed E-state index contributed by atoms with van der Waals surface area (Å²) in [5.41, 5.74) is 2.54. The van der Waals surface area contributed by atoms with Crippen LogP contribution in [0, 0.1) is 0 Å². The molecule has 0 radical (unpaired) electrons. The number of benzene rings is 2. The Morgan fingerprint density at radius 1 is 1.03 bits per heavy atom. The SMILES string of the molecule is C[C@@H]1S[C@]2(C(=O)N(CN3CCOCC3)c3ccccc32)N(c2ccccc2)C1=O. The van der Waals surface area contributed by atoms with Crippen LogP contribution < -0.4 is 9.80 Å². The zero-order chi connectivity index (χ0) is 20.0. The molecule has 2 amide bonds. The van der Waals surface area contributed by atoms with Crippen LogP contribution in [0.4, 0.5) is 11.4 Å². The van der Waals surface area contributed by atoms with Crippen molar-refractivity contribution in [2.75, 3.05) is 42.8 Å². The fraction of sp³-hybridized carbons (Fsp3) is 0.364. The van der Waals surface area contributed by atoms with Crippen LogP contribution in [0.1, 0.15) is 12.5 Å². The van der Waals surface area contributed by atoms with Crippen LogP contribution in [0.25, 0.3) is 0 Å². The molecular weight excluding hydrogens is 386 g/mol. The first-order chi connectivity index (χ1) is 14.1. The standard InChI is InChI=1S/C22H23N3O3S/c1-16-20(26)25(17-7-3-2-4-8-17)22(29-16)18-9-5-6-10-19(18)24(21(22)27)15-23-11-13-28-14-12-23/h2-10,16H,11-15H2,1H3/t16-,22+/m0/s1. The molecule has 3 heterocycles. The largest absolute Gasteiger partial charge is 0.379 e. The van der Waals surface area contributed by atoms with Gasteiger partial charge in [-0.3, -0.25) is 24.3 Å². The van der Waals surface area contributed by atoms with Gasteiger partial charge in [0.05, 0.1) is 30.8 Å². The number of hydrogen-bond donors (Lipinski definition) is 0. The van der Waals surface area contributed by atoms with Crippen LogP contribution in [0.15, 0.2) is 54.6 Å². The molecular formula is C22H23N3O3S. The Bertz CT molecular complexity index is 947. The van der Waals surface area contributed by atoms with Crippen LogP contribution in [0.3, 0.4) is 0 Å². The summed E-state index contributed by atoms with van der Waals surface area (Å²) in [6.45, 7) is 5.34. The number of thioether (sulfide) groups is 1. The van der Waals surface area contributed by atoms with Gasteiger partial charge in [-0.1, -0.05) is 36.4 Å². The van der Waals surface area contributed by atoms with E-state index >= 15 is 0 Å². The zero-order valence-corrected chi connectivity index (χ0v) is 17.1. The maximum Gasteiger partial charge on any atom is 0.269 e. The minimum Gasteiger partial charge on any atom is -0.379 e. The van der Waals surface area contributed by atoms with Crippen molar-refractivity contribution in [1.82, 2.24) is 4.90 Å². The molecule has 2 aromatic rings. The number of amides is 2. The molecule has 7 heteroatoms. The van der Waals surface area contributed by atoms with Gasteiger partial charge in [0.25, 0.3) is 5.91 Å². The number of para-hydroxylation sites is 2. The van der Waals surface area contributed by atoms with E-state index in [0.717, 1.165) is 30.0 Å². The second kappa shape index (κ2) is 7.16. The van der Waals surface area contributed by atoms with Gasteiger partial charge in [-0.2, -0.15) is 0 Å². The van der Waals surface area contributed by atoms with Crippen molar-refractivity contribution in [3.63, 3.8) is 0 Å². The highest BCUT2D eigenvalue weighted by molar-refractivity contribution is 8.03. The maximum absolute atomic E-state index is 14.0. The van der Waals surface area contributed by atoms with E-state index in [1.165, 1.54) is 11.8 Å². The highest BCUT2D eigenvalue weighted by Crippen LogP contribution is 2.57. The highest BCUT2D eigenvalue weighted by Gasteiger charge is 2.63. The van der Waals surface area contributed by atoms with Gasteiger partial charge in [0.15, 0.2) is 0 Å². The summed E-state index contributed by atoms with van der Waals surface area (Å²) in [6.07, 6.45) is 0. The highest BCUT2D eigenvalue weighted by atomic mass is 32.2. The van der Waals surface area contributed by atoms with Gasteiger partial charge in [-0.05, 0) is 25.1 Å². The van der Waals surface area contributed by atoms with Crippen molar-refractivity contribution in [3.8, 4) is 0 Å². The van der Waals surface area contributed by atoms with E-state index in [9.17, 15) is 9.59 Å². The molecule has 1 spiro atoms. The minimum atomic E-state index is -1.05. The summed E-state index contributed by atoms with van der Waals surface area (Å²) < 4.78 is 5.45. The average Bonchev–Trinajstić information content (AvgIpc) is 3.16. The fourth-order valence-corrected chi connectivity index (χ4v) is 5.93. The number of carbonyl (C=O) groups is 2. The van der Waals surface area contributed by atoms with Gasteiger partial charge in [0.1, 0.15) is 0 Å². The third-order valence-corrected chi connectivity index (χ3v) is 7.26. The lowest BCUT2D eigenvalue weighted by Gasteiger charge is -2.34. The number of rotatable bonds is 3. The monoisotopic (exact) mass is 409 g/mol. The molecule has 2 atom stereocenters. The van der Waals surface area contributed by atoms with Crippen molar-refractivity contribution < 1.29 is 14.3 Å². The third-order valence-electron chi connectivity index (χ3n) is 5.78. The fourth-order valence-electron chi connectivity index (χ4n) is 4.40. The summed E-state index contributed by atoms with van der Waals surface area (Å²) >= 11 is 1.45. The smallest absolute Gasteiger partial charge is 0.269 e. The molecule has 29 heavy (non-hydrogen) atoms. The van der Waals surface area contributed by atoms with Crippen molar-refractivity contribution in [2.24, 2.45) is 0 Å². The lowest BCUT2D eigenvalue weighted by Crippen LogP contribution is -2.52. The molecule has 3 aliphatic heterocycles.